The van der Waals surface area contributed by atoms with Crippen LogP contribution in [0.2, 0.25) is 0 Å². The second-order valence-electron chi connectivity index (χ2n) is 5.71. The normalized spacial score (nSPS) is 20.2. The Bertz CT molecular complexity index is 382. The molecule has 0 unspecified atom stereocenters. The second-order valence-corrected chi connectivity index (χ2v) is 5.71. The molecule has 0 N–H and O–H groups in total. The van der Waals surface area contributed by atoms with Crippen LogP contribution >= 0.6 is 0 Å². The van der Waals surface area contributed by atoms with Crippen LogP contribution in [0.15, 0.2) is 12.4 Å². The molecule has 4 heteroatoms. The summed E-state index contributed by atoms with van der Waals surface area (Å²) in [5.41, 5.74) is 0.453. The van der Waals surface area contributed by atoms with Crippen molar-refractivity contribution in [2.45, 2.75) is 45.6 Å². The van der Waals surface area contributed by atoms with E-state index in [0.29, 0.717) is 17.3 Å². The molecule has 1 aliphatic carbocycles. The van der Waals surface area contributed by atoms with Gasteiger partial charge >= 0.3 is 0 Å². The summed E-state index contributed by atoms with van der Waals surface area (Å²) in [6.07, 6.45) is 6.02. The number of halogens is 1. The Balaban J connectivity index is 2.04. The van der Waals surface area contributed by atoms with E-state index < -0.39 is 5.95 Å². The van der Waals surface area contributed by atoms with Crippen LogP contribution in [-0.4, -0.2) is 23.1 Å². The molecule has 1 heterocycles. The Labute approximate surface area is 102 Å². The Morgan fingerprint density at radius 3 is 2.53 bits per heavy atom. The van der Waals surface area contributed by atoms with Crippen molar-refractivity contribution in [3.05, 3.63) is 18.3 Å². The largest absolute Gasteiger partial charge is 0.357 e. The van der Waals surface area contributed by atoms with Crippen LogP contribution in [0.4, 0.5) is 10.2 Å². The molecule has 1 aromatic heterocycles. The van der Waals surface area contributed by atoms with Gasteiger partial charge in [0.05, 0.1) is 0 Å². The summed E-state index contributed by atoms with van der Waals surface area (Å²) in [6, 6.07) is 1.87. The third-order valence-corrected chi connectivity index (χ3v) is 3.84. The van der Waals surface area contributed by atoms with Crippen LogP contribution in [0.1, 0.15) is 39.5 Å². The highest BCUT2D eigenvalue weighted by molar-refractivity contribution is 5.37. The summed E-state index contributed by atoms with van der Waals surface area (Å²) in [7, 11) is 1.99. The molecule has 0 spiro atoms. The molecule has 0 atom stereocenters. The van der Waals surface area contributed by atoms with E-state index in [4.69, 9.17) is 0 Å². The fourth-order valence-electron chi connectivity index (χ4n) is 2.48. The number of nitrogens with zero attached hydrogens (tertiary/aromatic N) is 3. The SMILES string of the molecule is CN(c1cc(F)ncn1)C1CCC(C)(C)CC1. The predicted octanol–water partition coefficient (Wildman–Crippen LogP) is 3.02. The van der Waals surface area contributed by atoms with Gasteiger partial charge in [0, 0.05) is 19.2 Å². The van der Waals surface area contributed by atoms with E-state index in [9.17, 15) is 4.39 Å². The quantitative estimate of drug-likeness (QED) is 0.740. The van der Waals surface area contributed by atoms with Gasteiger partial charge in [-0.1, -0.05) is 13.8 Å². The number of aromatic nitrogens is 2. The zero-order valence-corrected chi connectivity index (χ0v) is 10.8. The van der Waals surface area contributed by atoms with Gasteiger partial charge in [0.15, 0.2) is 0 Å². The summed E-state index contributed by atoms with van der Waals surface area (Å²) in [4.78, 5) is 9.70. The highest BCUT2D eigenvalue weighted by Crippen LogP contribution is 2.37. The second kappa shape index (κ2) is 4.59. The zero-order valence-electron chi connectivity index (χ0n) is 10.8. The van der Waals surface area contributed by atoms with Crippen LogP contribution in [0.3, 0.4) is 0 Å². The molecule has 0 saturated heterocycles. The smallest absolute Gasteiger partial charge is 0.218 e. The van der Waals surface area contributed by atoms with Crippen LogP contribution in [0.5, 0.6) is 0 Å². The van der Waals surface area contributed by atoms with Gasteiger partial charge in [-0.2, -0.15) is 4.39 Å². The van der Waals surface area contributed by atoms with Crippen molar-refractivity contribution < 1.29 is 4.39 Å². The van der Waals surface area contributed by atoms with E-state index in [0.717, 1.165) is 12.8 Å². The molecule has 1 aliphatic rings. The average Bonchev–Trinajstić information content (AvgIpc) is 2.28. The zero-order chi connectivity index (χ0) is 12.5. The first-order chi connectivity index (χ1) is 7.98. The topological polar surface area (TPSA) is 29.0 Å². The van der Waals surface area contributed by atoms with Gasteiger partial charge < -0.3 is 4.90 Å². The molecule has 94 valence electrons. The van der Waals surface area contributed by atoms with Crippen molar-refractivity contribution in [1.82, 2.24) is 9.97 Å². The van der Waals surface area contributed by atoms with Crippen molar-refractivity contribution in [2.24, 2.45) is 5.41 Å². The first-order valence-electron chi connectivity index (χ1n) is 6.18. The average molecular weight is 237 g/mol. The Kier molecular flexibility index (Phi) is 3.31. The van der Waals surface area contributed by atoms with Gasteiger partial charge in [0.2, 0.25) is 5.95 Å². The van der Waals surface area contributed by atoms with Gasteiger partial charge in [0.25, 0.3) is 0 Å². The lowest BCUT2D eigenvalue weighted by Crippen LogP contribution is -2.37. The van der Waals surface area contributed by atoms with E-state index >= 15 is 0 Å². The van der Waals surface area contributed by atoms with Crippen molar-refractivity contribution in [2.75, 3.05) is 11.9 Å². The molecular formula is C13H20FN3. The van der Waals surface area contributed by atoms with Crippen molar-refractivity contribution >= 4 is 5.82 Å². The number of hydrogen-bond donors (Lipinski definition) is 0. The molecular weight excluding hydrogens is 217 g/mol. The third kappa shape index (κ3) is 2.93. The third-order valence-electron chi connectivity index (χ3n) is 3.84. The summed E-state index contributed by atoms with van der Waals surface area (Å²) in [6.45, 7) is 4.63. The maximum absolute atomic E-state index is 13.0. The standard InChI is InChI=1S/C13H20FN3/c1-13(2)6-4-10(5-7-13)17(3)12-8-11(14)15-9-16-12/h8-10H,4-7H2,1-3H3. The number of anilines is 1. The Morgan fingerprint density at radius 2 is 1.94 bits per heavy atom. The fraction of sp³-hybridized carbons (Fsp3) is 0.692. The lowest BCUT2D eigenvalue weighted by Gasteiger charge is -2.39. The van der Waals surface area contributed by atoms with Gasteiger partial charge in [-0.05, 0) is 31.1 Å². The van der Waals surface area contributed by atoms with Gasteiger partial charge in [0.1, 0.15) is 12.1 Å². The van der Waals surface area contributed by atoms with Crippen molar-refractivity contribution in [1.29, 1.82) is 0 Å². The molecule has 1 aromatic rings. The minimum absolute atomic E-state index is 0.453. The molecule has 3 nitrogen and oxygen atoms in total. The van der Waals surface area contributed by atoms with E-state index in [2.05, 4.69) is 28.7 Å². The Morgan fingerprint density at radius 1 is 1.29 bits per heavy atom. The molecule has 0 bridgehead atoms. The summed E-state index contributed by atoms with van der Waals surface area (Å²) >= 11 is 0. The monoisotopic (exact) mass is 237 g/mol. The van der Waals surface area contributed by atoms with Gasteiger partial charge in [-0.3, -0.25) is 0 Å². The molecule has 2 rings (SSSR count). The van der Waals surface area contributed by atoms with Crippen LogP contribution in [0.25, 0.3) is 0 Å². The van der Waals surface area contributed by atoms with E-state index in [1.165, 1.54) is 25.2 Å². The molecule has 0 radical (unpaired) electrons. The minimum atomic E-state index is -0.460. The molecule has 17 heavy (non-hydrogen) atoms. The minimum Gasteiger partial charge on any atom is -0.357 e. The van der Waals surface area contributed by atoms with Crippen LogP contribution < -0.4 is 4.90 Å². The summed E-state index contributed by atoms with van der Waals surface area (Å²) < 4.78 is 13.0. The van der Waals surface area contributed by atoms with Crippen LogP contribution in [0, 0.1) is 11.4 Å². The fourth-order valence-corrected chi connectivity index (χ4v) is 2.48. The lowest BCUT2D eigenvalue weighted by atomic mass is 9.75. The van der Waals surface area contributed by atoms with Crippen molar-refractivity contribution in [3.8, 4) is 0 Å². The molecule has 1 saturated carbocycles. The maximum Gasteiger partial charge on any atom is 0.218 e. The highest BCUT2D eigenvalue weighted by atomic mass is 19.1. The number of rotatable bonds is 2. The maximum atomic E-state index is 13.0. The molecule has 0 aliphatic heterocycles. The summed E-state index contributed by atoms with van der Waals surface area (Å²) in [5.74, 6) is 0.222. The number of hydrogen-bond acceptors (Lipinski definition) is 3. The van der Waals surface area contributed by atoms with Crippen LogP contribution in [-0.2, 0) is 0 Å². The van der Waals surface area contributed by atoms with Gasteiger partial charge in [-0.15, -0.1) is 0 Å². The first-order valence-corrected chi connectivity index (χ1v) is 6.18. The molecule has 0 aromatic carbocycles. The van der Waals surface area contributed by atoms with Crippen molar-refractivity contribution in [3.63, 3.8) is 0 Å². The predicted molar refractivity (Wildman–Crippen MR) is 66.4 cm³/mol. The van der Waals surface area contributed by atoms with E-state index in [1.54, 1.807) is 0 Å². The molecule has 0 amide bonds. The molecule has 1 fully saturated rings. The van der Waals surface area contributed by atoms with E-state index in [1.807, 2.05) is 7.05 Å². The Hall–Kier alpha value is -1.19. The first kappa shape index (κ1) is 12.3. The van der Waals surface area contributed by atoms with Gasteiger partial charge in [-0.25, -0.2) is 9.97 Å². The van der Waals surface area contributed by atoms with E-state index in [-0.39, 0.29) is 0 Å². The highest BCUT2D eigenvalue weighted by Gasteiger charge is 2.29. The lowest BCUT2D eigenvalue weighted by molar-refractivity contribution is 0.222. The summed E-state index contributed by atoms with van der Waals surface area (Å²) in [5, 5.41) is 0.